The van der Waals surface area contributed by atoms with Gasteiger partial charge in [0.05, 0.1) is 27.4 Å². The molecule has 0 radical (unpaired) electrons. The van der Waals surface area contributed by atoms with Crippen molar-refractivity contribution < 1.29 is 52.4 Å². The minimum Gasteiger partial charge on any atom is -0.496 e. The van der Waals surface area contributed by atoms with E-state index in [9.17, 15) is 24.0 Å². The number of fused-ring (bicyclic) bond motifs is 2. The Bertz CT molecular complexity index is 2720. The number of ether oxygens (including phenoxy) is 6. The maximum atomic E-state index is 12.3. The lowest BCUT2D eigenvalue weighted by atomic mass is 9.95. The molecule has 7 rings (SSSR count). The summed E-state index contributed by atoms with van der Waals surface area (Å²) in [5, 5.41) is 4.52. The fraction of sp³-hybridized carbons (Fsp3) is 0.345. The molecule has 11 nitrogen and oxygen atoms in total. The van der Waals surface area contributed by atoms with Gasteiger partial charge in [0, 0.05) is 44.8 Å². The average Bonchev–Trinajstić information content (AvgIpc) is 3.95. The molecule has 0 amide bonds. The van der Waals surface area contributed by atoms with Crippen molar-refractivity contribution in [2.24, 2.45) is 0 Å². The van der Waals surface area contributed by atoms with Crippen LogP contribution in [-0.4, -0.2) is 79.7 Å². The first-order valence-electron chi connectivity index (χ1n) is 24.2. The summed E-state index contributed by atoms with van der Waals surface area (Å²) in [6, 6.07) is 33.1. The lowest BCUT2D eigenvalue weighted by Gasteiger charge is -2.30. The van der Waals surface area contributed by atoms with Crippen LogP contribution in [0.2, 0.25) is 51.4 Å². The molecule has 0 bridgehead atoms. The standard InChI is InChI=1S/C21H19OP.C20H28O5Si.C17H24O5Si/c1-18(17-22)23(19-11-5-2-6-12-19,20-13-7-3-8-14-20)21-15-9-4-10-16-21;1-13(11-21)7-8-15-18(23-3)14(2)16-12-25-20(22)17(16)19(15)24-9-10-26(4,5)6;1-11-13-10-22-17(19)14(13)16(21-8-9-23(3,4)5)12(6-7-18)15(11)20-2/h2-17H,1H3;7,11H,8-10,12H2,1-6H3;7H,6,8-10H2,1-5H3/b;13-7+;. The second-order valence-corrected chi connectivity index (χ2v) is 35.0. The number of benzene rings is 5. The highest BCUT2D eigenvalue weighted by Crippen LogP contribution is 2.46. The molecular formula is C58H71O11PSi2. The Morgan fingerprint density at radius 1 is 0.569 bits per heavy atom. The zero-order valence-corrected chi connectivity index (χ0v) is 47.0. The molecule has 0 unspecified atom stereocenters. The number of carbonyl (C=O) groups excluding carboxylic acids is 5. The molecule has 14 heteroatoms. The molecule has 5 aromatic rings. The molecule has 382 valence electrons. The lowest BCUT2D eigenvalue weighted by Crippen LogP contribution is -2.30. The first kappa shape index (κ1) is 56.6. The number of methoxy groups -OCH3 is 2. The van der Waals surface area contributed by atoms with E-state index >= 15 is 0 Å². The topological polar surface area (TPSA) is 141 Å². The molecule has 0 saturated carbocycles. The van der Waals surface area contributed by atoms with Gasteiger partial charge >= 0.3 is 11.9 Å². The van der Waals surface area contributed by atoms with Gasteiger partial charge in [-0.25, -0.2) is 9.59 Å². The molecule has 0 atom stereocenters. The Labute approximate surface area is 428 Å². The van der Waals surface area contributed by atoms with E-state index in [-0.39, 0.29) is 31.6 Å². The average molecular weight is 1030 g/mol. The summed E-state index contributed by atoms with van der Waals surface area (Å²) >= 11 is 0. The molecule has 0 N–H and O–H groups in total. The summed E-state index contributed by atoms with van der Waals surface area (Å²) in [5.74, 6) is 1.55. The summed E-state index contributed by atoms with van der Waals surface area (Å²) in [7, 11) is 0.630. The fourth-order valence-corrected chi connectivity index (χ4v) is 14.3. The number of cyclic esters (lactones) is 2. The maximum Gasteiger partial charge on any atom is 0.342 e. The van der Waals surface area contributed by atoms with Crippen LogP contribution in [0, 0.1) is 13.8 Å². The molecule has 2 aliphatic rings. The van der Waals surface area contributed by atoms with Crippen LogP contribution in [0.25, 0.3) is 0 Å². The summed E-state index contributed by atoms with van der Waals surface area (Å²) < 4.78 is 33.6. The largest absolute Gasteiger partial charge is 0.496 e. The number of hydrogen-bond acceptors (Lipinski definition) is 11. The fourth-order valence-electron chi connectivity index (χ4n) is 8.74. The van der Waals surface area contributed by atoms with Crippen molar-refractivity contribution in [3.05, 3.63) is 147 Å². The van der Waals surface area contributed by atoms with E-state index in [0.29, 0.717) is 64.9 Å². The predicted octanol–water partition coefficient (Wildman–Crippen LogP) is 10.6. The molecule has 5 aromatic carbocycles. The Hall–Kier alpha value is -6.28. The van der Waals surface area contributed by atoms with Crippen LogP contribution < -0.4 is 34.9 Å². The molecule has 0 aromatic heterocycles. The van der Waals surface area contributed by atoms with E-state index in [2.05, 4.69) is 75.7 Å². The van der Waals surface area contributed by atoms with Gasteiger partial charge in [-0.1, -0.05) is 136 Å². The van der Waals surface area contributed by atoms with Gasteiger partial charge in [-0.2, -0.15) is 0 Å². The molecule has 2 aliphatic heterocycles. The minimum absolute atomic E-state index is 0.146. The highest BCUT2D eigenvalue weighted by Gasteiger charge is 2.35. The third-order valence-corrected chi connectivity index (χ3v) is 20.5. The van der Waals surface area contributed by atoms with Crippen LogP contribution in [-0.2, 0) is 49.9 Å². The molecule has 0 fully saturated rings. The zero-order valence-electron chi connectivity index (χ0n) is 44.1. The molecule has 0 saturated heterocycles. The number of hydrogen-bond donors (Lipinski definition) is 0. The van der Waals surface area contributed by atoms with Gasteiger partial charge in [-0.3, -0.25) is 9.59 Å². The second-order valence-electron chi connectivity index (χ2n) is 20.2. The van der Waals surface area contributed by atoms with Crippen LogP contribution in [0.15, 0.2) is 103 Å². The first-order chi connectivity index (χ1) is 34.3. The Balaban J connectivity index is 0.000000201. The van der Waals surface area contributed by atoms with Gasteiger partial charge in [-0.05, 0) is 91.0 Å². The maximum absolute atomic E-state index is 12.3. The summed E-state index contributed by atoms with van der Waals surface area (Å²) in [6.45, 7) is 20.6. The van der Waals surface area contributed by atoms with Gasteiger partial charge < -0.3 is 33.2 Å². The molecular weight excluding hydrogens is 960 g/mol. The second kappa shape index (κ2) is 25.4. The van der Waals surface area contributed by atoms with Crippen LogP contribution in [0.5, 0.6) is 23.0 Å². The summed E-state index contributed by atoms with van der Waals surface area (Å²) in [6.07, 6.45) is 5.06. The van der Waals surface area contributed by atoms with Crippen molar-refractivity contribution in [1.29, 1.82) is 0 Å². The van der Waals surface area contributed by atoms with Gasteiger partial charge in [-0.15, -0.1) is 0 Å². The monoisotopic (exact) mass is 1030 g/mol. The highest BCUT2D eigenvalue weighted by atomic mass is 31.2. The van der Waals surface area contributed by atoms with E-state index in [1.807, 2.05) is 81.4 Å². The van der Waals surface area contributed by atoms with Crippen molar-refractivity contribution in [3.8, 4) is 23.0 Å². The normalized spacial score (nSPS) is 12.9. The van der Waals surface area contributed by atoms with Crippen LogP contribution in [0.4, 0.5) is 0 Å². The van der Waals surface area contributed by atoms with E-state index < -0.39 is 23.0 Å². The van der Waals surface area contributed by atoms with E-state index in [4.69, 9.17) is 28.4 Å². The molecule has 0 aliphatic carbocycles. The number of allylic oxidation sites excluding steroid dienone is 2. The van der Waals surface area contributed by atoms with Gasteiger partial charge in [0.25, 0.3) is 0 Å². The smallest absolute Gasteiger partial charge is 0.342 e. The SMILES string of the molecule is CC(C=O)=P(c1ccccc1)(c1ccccc1)c1ccccc1.COc1c(C)c2c(c(OCC[Si](C)(C)C)c1C/C=C(\C)C=O)C(=O)OC2.COc1c(C)c2c(c(OCC[Si](C)(C)C)c1CC=O)C(=O)OC2. The minimum atomic E-state index is -2.10. The van der Waals surface area contributed by atoms with Crippen molar-refractivity contribution in [1.82, 2.24) is 0 Å². The quantitative estimate of drug-likeness (QED) is 0.0257. The number of aldehydes is 3. The van der Waals surface area contributed by atoms with E-state index in [1.165, 1.54) is 15.9 Å². The van der Waals surface area contributed by atoms with Gasteiger partial charge in [0.15, 0.2) is 0 Å². The van der Waals surface area contributed by atoms with Crippen molar-refractivity contribution >= 4 is 75.0 Å². The van der Waals surface area contributed by atoms with E-state index in [0.717, 1.165) is 64.1 Å². The Morgan fingerprint density at radius 2 is 0.944 bits per heavy atom. The zero-order chi connectivity index (χ0) is 52.8. The Kier molecular flexibility index (Phi) is 20.0. The van der Waals surface area contributed by atoms with E-state index in [1.54, 1.807) is 21.1 Å². The number of esters is 2. The summed E-state index contributed by atoms with van der Waals surface area (Å²) in [4.78, 5) is 58.4. The molecule has 2 heterocycles. The summed E-state index contributed by atoms with van der Waals surface area (Å²) in [5.41, 5.74) is 6.36. The number of rotatable bonds is 19. The van der Waals surface area contributed by atoms with Crippen molar-refractivity contribution in [3.63, 3.8) is 0 Å². The van der Waals surface area contributed by atoms with Crippen molar-refractivity contribution in [2.45, 2.75) is 105 Å². The van der Waals surface area contributed by atoms with Crippen LogP contribution in [0.1, 0.15) is 67.9 Å². The van der Waals surface area contributed by atoms with Gasteiger partial charge in [0.2, 0.25) is 0 Å². The molecule has 72 heavy (non-hydrogen) atoms. The first-order valence-corrected chi connectivity index (χ1v) is 33.4. The Morgan fingerprint density at radius 3 is 1.26 bits per heavy atom. The highest BCUT2D eigenvalue weighted by molar-refractivity contribution is 7.96. The third kappa shape index (κ3) is 13.2. The third-order valence-electron chi connectivity index (χ3n) is 12.7. The number of carbonyl (C=O) groups is 5. The lowest BCUT2D eigenvalue weighted by molar-refractivity contribution is -0.107. The van der Waals surface area contributed by atoms with Crippen molar-refractivity contribution in [2.75, 3.05) is 27.4 Å². The van der Waals surface area contributed by atoms with Gasteiger partial charge in [0.1, 0.15) is 66.2 Å². The van der Waals surface area contributed by atoms with Crippen LogP contribution >= 0.6 is 6.89 Å². The van der Waals surface area contributed by atoms with Crippen LogP contribution in [0.3, 0.4) is 0 Å². The predicted molar refractivity (Wildman–Crippen MR) is 296 cm³/mol. The molecule has 0 spiro atoms.